The van der Waals surface area contributed by atoms with Gasteiger partial charge in [0.25, 0.3) is 0 Å². The minimum Gasteiger partial charge on any atom is -0.491 e. The highest BCUT2D eigenvalue weighted by molar-refractivity contribution is 5.70. The molecule has 1 N–H and O–H groups in total. The fraction of sp³-hybridized carbons (Fsp3) is 0.500. The molecule has 1 aromatic carbocycles. The van der Waals surface area contributed by atoms with Gasteiger partial charge < -0.3 is 14.6 Å². The van der Waals surface area contributed by atoms with Gasteiger partial charge in [-0.2, -0.15) is 0 Å². The Bertz CT molecular complexity index is 376. The summed E-state index contributed by atoms with van der Waals surface area (Å²) in [5, 5.41) is 8.64. The van der Waals surface area contributed by atoms with E-state index < -0.39 is 5.97 Å². The summed E-state index contributed by atoms with van der Waals surface area (Å²) >= 11 is 0. The van der Waals surface area contributed by atoms with Crippen molar-refractivity contribution in [2.75, 3.05) is 13.2 Å². The molecule has 0 aliphatic rings. The van der Waals surface area contributed by atoms with Gasteiger partial charge in [-0.15, -0.1) is 0 Å². The predicted molar refractivity (Wildman–Crippen MR) is 69.0 cm³/mol. The molecule has 0 amide bonds. The van der Waals surface area contributed by atoms with Crippen molar-refractivity contribution in [3.05, 3.63) is 29.8 Å². The van der Waals surface area contributed by atoms with Crippen molar-refractivity contribution >= 4 is 5.97 Å². The molecule has 0 fully saturated rings. The lowest BCUT2D eigenvalue weighted by molar-refractivity contribution is -0.136. The van der Waals surface area contributed by atoms with Crippen molar-refractivity contribution in [2.45, 2.75) is 32.8 Å². The number of hydrogen-bond donors (Lipinski definition) is 1. The van der Waals surface area contributed by atoms with Gasteiger partial charge >= 0.3 is 5.97 Å². The number of carboxylic acid groups (broad SMARTS) is 1. The van der Waals surface area contributed by atoms with Gasteiger partial charge in [0, 0.05) is 0 Å². The molecule has 0 saturated carbocycles. The summed E-state index contributed by atoms with van der Waals surface area (Å²) in [5.41, 5.74) is 0.607. The smallest absolute Gasteiger partial charge is 0.307 e. The van der Waals surface area contributed by atoms with E-state index in [0.29, 0.717) is 13.2 Å². The molecule has 1 rings (SSSR count). The summed E-state index contributed by atoms with van der Waals surface area (Å²) in [6.45, 7) is 6.99. The lowest BCUT2D eigenvalue weighted by Gasteiger charge is -2.19. The molecule has 4 heteroatoms. The number of carboxylic acids is 1. The molecule has 4 nitrogen and oxygen atoms in total. The quantitative estimate of drug-likeness (QED) is 0.790. The molecular weight excluding hydrogens is 232 g/mol. The SMILES string of the molecule is CC(C)(C)OCCOc1ccc(CC(=O)O)cc1. The third-order valence-corrected chi connectivity index (χ3v) is 2.17. The van der Waals surface area contributed by atoms with Crippen LogP contribution in [-0.2, 0) is 16.0 Å². The minimum atomic E-state index is -0.831. The van der Waals surface area contributed by atoms with Crippen molar-refractivity contribution < 1.29 is 19.4 Å². The molecule has 0 atom stereocenters. The first-order valence-corrected chi connectivity index (χ1v) is 5.94. The second kappa shape index (κ2) is 6.40. The van der Waals surface area contributed by atoms with Crippen LogP contribution in [0.5, 0.6) is 5.75 Å². The predicted octanol–water partition coefficient (Wildman–Crippen LogP) is 2.51. The van der Waals surface area contributed by atoms with Crippen molar-refractivity contribution in [3.63, 3.8) is 0 Å². The number of ether oxygens (including phenoxy) is 2. The first-order chi connectivity index (χ1) is 8.37. The lowest BCUT2D eigenvalue weighted by atomic mass is 10.1. The number of carbonyl (C=O) groups is 1. The van der Waals surface area contributed by atoms with Gasteiger partial charge in [0.05, 0.1) is 18.6 Å². The van der Waals surface area contributed by atoms with E-state index in [9.17, 15) is 4.79 Å². The summed E-state index contributed by atoms with van der Waals surface area (Å²) in [6, 6.07) is 7.06. The fourth-order valence-corrected chi connectivity index (χ4v) is 1.39. The largest absolute Gasteiger partial charge is 0.491 e. The van der Waals surface area contributed by atoms with Crippen LogP contribution in [0.2, 0.25) is 0 Å². The highest BCUT2D eigenvalue weighted by atomic mass is 16.5. The summed E-state index contributed by atoms with van der Waals surface area (Å²) in [5.74, 6) is -0.108. The highest BCUT2D eigenvalue weighted by Gasteiger charge is 2.09. The molecule has 0 bridgehead atoms. The Kier molecular flexibility index (Phi) is 5.16. The molecule has 100 valence electrons. The topological polar surface area (TPSA) is 55.8 Å². The van der Waals surface area contributed by atoms with Crippen molar-refractivity contribution in [3.8, 4) is 5.75 Å². The third-order valence-electron chi connectivity index (χ3n) is 2.17. The molecule has 1 aromatic rings. The zero-order chi connectivity index (χ0) is 13.6. The Labute approximate surface area is 108 Å². The molecule has 0 unspecified atom stereocenters. The Morgan fingerprint density at radius 1 is 1.17 bits per heavy atom. The molecule has 0 heterocycles. The van der Waals surface area contributed by atoms with Crippen molar-refractivity contribution in [1.82, 2.24) is 0 Å². The second-order valence-corrected chi connectivity index (χ2v) is 5.02. The van der Waals surface area contributed by atoms with E-state index in [-0.39, 0.29) is 12.0 Å². The van der Waals surface area contributed by atoms with Gasteiger partial charge in [0.1, 0.15) is 12.4 Å². The first kappa shape index (κ1) is 14.5. The van der Waals surface area contributed by atoms with Crippen LogP contribution in [0.4, 0.5) is 0 Å². The summed E-state index contributed by atoms with van der Waals surface area (Å²) in [6.07, 6.45) is 0.0351. The monoisotopic (exact) mass is 252 g/mol. The lowest BCUT2D eigenvalue weighted by Crippen LogP contribution is -2.22. The van der Waals surface area contributed by atoms with Crippen LogP contribution >= 0.6 is 0 Å². The normalized spacial score (nSPS) is 11.3. The van der Waals surface area contributed by atoms with Crippen molar-refractivity contribution in [2.24, 2.45) is 0 Å². The Morgan fingerprint density at radius 3 is 2.28 bits per heavy atom. The van der Waals surface area contributed by atoms with E-state index in [4.69, 9.17) is 14.6 Å². The summed E-state index contributed by atoms with van der Waals surface area (Å²) in [7, 11) is 0. The van der Waals surface area contributed by atoms with Crippen LogP contribution in [0.15, 0.2) is 24.3 Å². The van der Waals surface area contributed by atoms with Gasteiger partial charge in [-0.05, 0) is 38.5 Å². The third kappa shape index (κ3) is 6.25. The Balaban J connectivity index is 2.33. The van der Waals surface area contributed by atoms with Crippen molar-refractivity contribution in [1.29, 1.82) is 0 Å². The van der Waals surface area contributed by atoms with Gasteiger partial charge in [-0.1, -0.05) is 12.1 Å². The summed E-state index contributed by atoms with van der Waals surface area (Å²) in [4.78, 5) is 10.5. The number of benzene rings is 1. The maximum atomic E-state index is 10.5. The van der Waals surface area contributed by atoms with Crippen LogP contribution in [0.1, 0.15) is 26.3 Å². The van der Waals surface area contributed by atoms with Crippen LogP contribution in [0, 0.1) is 0 Å². The molecular formula is C14H20O4. The molecule has 0 aliphatic heterocycles. The fourth-order valence-electron chi connectivity index (χ4n) is 1.39. The van der Waals surface area contributed by atoms with Gasteiger partial charge in [-0.25, -0.2) is 0 Å². The molecule has 0 radical (unpaired) electrons. The maximum Gasteiger partial charge on any atom is 0.307 e. The Morgan fingerprint density at radius 2 is 1.78 bits per heavy atom. The zero-order valence-corrected chi connectivity index (χ0v) is 11.1. The molecule has 0 aliphatic carbocycles. The van der Waals surface area contributed by atoms with E-state index in [0.717, 1.165) is 11.3 Å². The number of rotatable bonds is 6. The first-order valence-electron chi connectivity index (χ1n) is 5.94. The maximum absolute atomic E-state index is 10.5. The number of aliphatic carboxylic acids is 1. The number of hydrogen-bond acceptors (Lipinski definition) is 3. The van der Waals surface area contributed by atoms with Crippen LogP contribution in [0.3, 0.4) is 0 Å². The van der Waals surface area contributed by atoms with Crippen LogP contribution < -0.4 is 4.74 Å². The Hall–Kier alpha value is -1.55. The highest BCUT2D eigenvalue weighted by Crippen LogP contribution is 2.13. The van der Waals surface area contributed by atoms with Gasteiger partial charge in [0.2, 0.25) is 0 Å². The van der Waals surface area contributed by atoms with E-state index in [1.807, 2.05) is 20.8 Å². The molecule has 0 spiro atoms. The molecule has 0 aromatic heterocycles. The van der Waals surface area contributed by atoms with E-state index in [2.05, 4.69) is 0 Å². The van der Waals surface area contributed by atoms with E-state index in [1.54, 1.807) is 24.3 Å². The second-order valence-electron chi connectivity index (χ2n) is 5.02. The zero-order valence-electron chi connectivity index (χ0n) is 11.1. The van der Waals surface area contributed by atoms with E-state index in [1.165, 1.54) is 0 Å². The summed E-state index contributed by atoms with van der Waals surface area (Å²) < 4.78 is 11.0. The average molecular weight is 252 g/mol. The standard InChI is InChI=1S/C14H20O4/c1-14(2,3)18-9-8-17-12-6-4-11(5-7-12)10-13(15)16/h4-7H,8-10H2,1-3H3,(H,15,16). The average Bonchev–Trinajstić information content (AvgIpc) is 2.24. The van der Waals surface area contributed by atoms with Gasteiger partial charge in [0.15, 0.2) is 0 Å². The molecule has 0 saturated heterocycles. The van der Waals surface area contributed by atoms with Crippen LogP contribution in [0.25, 0.3) is 0 Å². The van der Waals surface area contributed by atoms with Gasteiger partial charge in [-0.3, -0.25) is 4.79 Å². The van der Waals surface area contributed by atoms with Crippen LogP contribution in [-0.4, -0.2) is 29.9 Å². The molecule has 18 heavy (non-hydrogen) atoms. The van der Waals surface area contributed by atoms with E-state index >= 15 is 0 Å². The minimum absolute atomic E-state index is 0.0351.